The Labute approximate surface area is 125 Å². The fraction of sp³-hybridized carbons (Fsp3) is 0.188. The second-order valence-corrected chi connectivity index (χ2v) is 6.55. The topological polar surface area (TPSA) is 58.5 Å². The first-order valence-corrected chi connectivity index (χ1v) is 8.14. The predicted molar refractivity (Wildman–Crippen MR) is 84.8 cm³/mol. The van der Waals surface area contributed by atoms with Gasteiger partial charge in [0.1, 0.15) is 0 Å². The molecule has 0 spiro atoms. The molecule has 110 valence electrons. The Morgan fingerprint density at radius 2 is 1.67 bits per heavy atom. The minimum atomic E-state index is -3.60. The number of aryl methyl sites for hydroxylation is 1. The largest absolute Gasteiger partial charge is 0.276 e. The maximum absolute atomic E-state index is 12.0. The molecule has 1 N–H and O–H groups in total. The van der Waals surface area contributed by atoms with Gasteiger partial charge in [-0.3, -0.25) is 0 Å². The van der Waals surface area contributed by atoms with E-state index in [2.05, 4.69) is 9.93 Å². The van der Waals surface area contributed by atoms with E-state index >= 15 is 0 Å². The molecule has 0 bridgehead atoms. The van der Waals surface area contributed by atoms with E-state index in [1.165, 1.54) is 0 Å². The molecule has 0 heterocycles. The van der Waals surface area contributed by atoms with Crippen molar-refractivity contribution in [1.82, 2.24) is 4.83 Å². The molecule has 4 nitrogen and oxygen atoms in total. The first-order valence-electron chi connectivity index (χ1n) is 6.65. The standard InChI is InChI=1S/C16H18N2O2S/c1-13-8-10-16(11-9-13)21(19,20)18-17-12-14(2)15-6-4-3-5-7-15/h3-12,14,18H,1-2H3/b17-12-/t14-/m0/s1. The van der Waals surface area contributed by atoms with Crippen LogP contribution in [0.2, 0.25) is 0 Å². The third-order valence-corrected chi connectivity index (χ3v) is 4.37. The molecule has 0 radical (unpaired) electrons. The average Bonchev–Trinajstić information content (AvgIpc) is 2.48. The van der Waals surface area contributed by atoms with Crippen molar-refractivity contribution in [3.63, 3.8) is 0 Å². The van der Waals surface area contributed by atoms with Gasteiger partial charge in [0, 0.05) is 12.1 Å². The van der Waals surface area contributed by atoms with Gasteiger partial charge >= 0.3 is 0 Å². The summed E-state index contributed by atoms with van der Waals surface area (Å²) in [6, 6.07) is 16.4. The van der Waals surface area contributed by atoms with Gasteiger partial charge in [0.25, 0.3) is 10.0 Å². The van der Waals surface area contributed by atoms with Crippen molar-refractivity contribution in [2.45, 2.75) is 24.7 Å². The lowest BCUT2D eigenvalue weighted by molar-refractivity contribution is 0.584. The Kier molecular flexibility index (Phi) is 4.75. The van der Waals surface area contributed by atoms with Gasteiger partial charge in [-0.05, 0) is 24.6 Å². The lowest BCUT2D eigenvalue weighted by atomic mass is 10.0. The number of nitrogens with zero attached hydrogens (tertiary/aromatic N) is 1. The van der Waals surface area contributed by atoms with Crippen molar-refractivity contribution in [1.29, 1.82) is 0 Å². The van der Waals surface area contributed by atoms with E-state index in [4.69, 9.17) is 0 Å². The van der Waals surface area contributed by atoms with E-state index in [-0.39, 0.29) is 10.8 Å². The van der Waals surface area contributed by atoms with Gasteiger partial charge in [-0.15, -0.1) is 0 Å². The van der Waals surface area contributed by atoms with Gasteiger partial charge in [0.2, 0.25) is 0 Å². The van der Waals surface area contributed by atoms with Crippen molar-refractivity contribution in [3.05, 3.63) is 65.7 Å². The van der Waals surface area contributed by atoms with Gasteiger partial charge in [0.15, 0.2) is 0 Å². The smallest absolute Gasteiger partial charge is 0.200 e. The molecule has 1 atom stereocenters. The molecule has 21 heavy (non-hydrogen) atoms. The van der Waals surface area contributed by atoms with Crippen molar-refractivity contribution in [2.75, 3.05) is 0 Å². The molecule has 2 rings (SSSR count). The van der Waals surface area contributed by atoms with Crippen molar-refractivity contribution in [2.24, 2.45) is 5.10 Å². The van der Waals surface area contributed by atoms with Gasteiger partial charge in [-0.2, -0.15) is 13.5 Å². The van der Waals surface area contributed by atoms with Crippen LogP contribution in [0.15, 0.2) is 64.6 Å². The molecular formula is C16H18N2O2S. The summed E-state index contributed by atoms with van der Waals surface area (Å²) >= 11 is 0. The van der Waals surface area contributed by atoms with Crippen LogP contribution < -0.4 is 4.83 Å². The summed E-state index contributed by atoms with van der Waals surface area (Å²) in [5.74, 6) is 0.0342. The van der Waals surface area contributed by atoms with Crippen LogP contribution in [0.4, 0.5) is 0 Å². The summed E-state index contributed by atoms with van der Waals surface area (Å²) in [6.07, 6.45) is 1.58. The Morgan fingerprint density at radius 1 is 1.05 bits per heavy atom. The number of nitrogens with one attached hydrogen (secondary N) is 1. The van der Waals surface area contributed by atoms with Crippen LogP contribution in [0.3, 0.4) is 0 Å². The van der Waals surface area contributed by atoms with E-state index in [1.807, 2.05) is 44.2 Å². The third-order valence-electron chi connectivity index (χ3n) is 3.13. The number of rotatable bonds is 5. The maximum atomic E-state index is 12.0. The minimum Gasteiger partial charge on any atom is -0.200 e. The Bertz CT molecular complexity index is 708. The maximum Gasteiger partial charge on any atom is 0.276 e. The second-order valence-electron chi connectivity index (χ2n) is 4.89. The monoisotopic (exact) mass is 302 g/mol. The average molecular weight is 302 g/mol. The van der Waals surface area contributed by atoms with E-state index < -0.39 is 10.0 Å². The molecule has 0 aliphatic heterocycles. The van der Waals surface area contributed by atoms with Crippen LogP contribution in [0.1, 0.15) is 24.0 Å². The number of hydrogen-bond acceptors (Lipinski definition) is 3. The summed E-state index contributed by atoms with van der Waals surface area (Å²) < 4.78 is 24.1. The van der Waals surface area contributed by atoms with Crippen molar-refractivity contribution in [3.8, 4) is 0 Å². The van der Waals surface area contributed by atoms with Crippen LogP contribution >= 0.6 is 0 Å². The zero-order valence-corrected chi connectivity index (χ0v) is 12.8. The number of hydrogen-bond donors (Lipinski definition) is 1. The summed E-state index contributed by atoms with van der Waals surface area (Å²) in [4.78, 5) is 2.44. The Morgan fingerprint density at radius 3 is 2.29 bits per heavy atom. The number of sulfonamides is 1. The first kappa shape index (κ1) is 15.3. The number of benzene rings is 2. The minimum absolute atomic E-state index is 0.0342. The molecule has 0 fully saturated rings. The summed E-state index contributed by atoms with van der Waals surface area (Å²) in [6.45, 7) is 3.86. The Hall–Kier alpha value is -2.14. The van der Waals surface area contributed by atoms with E-state index in [0.29, 0.717) is 0 Å². The Balaban J connectivity index is 2.05. The van der Waals surface area contributed by atoms with Crippen LogP contribution in [-0.4, -0.2) is 14.6 Å². The van der Waals surface area contributed by atoms with Crippen LogP contribution in [0.5, 0.6) is 0 Å². The highest BCUT2D eigenvalue weighted by Gasteiger charge is 2.12. The van der Waals surface area contributed by atoms with E-state index in [9.17, 15) is 8.42 Å². The van der Waals surface area contributed by atoms with Gasteiger partial charge in [-0.1, -0.05) is 55.0 Å². The first-order chi connectivity index (χ1) is 9.99. The van der Waals surface area contributed by atoms with Gasteiger partial charge < -0.3 is 0 Å². The molecule has 0 saturated carbocycles. The molecular weight excluding hydrogens is 284 g/mol. The molecule has 0 amide bonds. The van der Waals surface area contributed by atoms with Crippen molar-refractivity contribution < 1.29 is 8.42 Å². The van der Waals surface area contributed by atoms with E-state index in [0.717, 1.165) is 11.1 Å². The summed E-state index contributed by atoms with van der Waals surface area (Å²) in [5.41, 5.74) is 2.09. The quantitative estimate of drug-likeness (QED) is 0.681. The molecule has 0 aliphatic carbocycles. The van der Waals surface area contributed by atoms with Crippen molar-refractivity contribution >= 4 is 16.2 Å². The highest BCUT2D eigenvalue weighted by Crippen LogP contribution is 2.12. The molecule has 2 aromatic rings. The van der Waals surface area contributed by atoms with E-state index in [1.54, 1.807) is 30.5 Å². The lowest BCUT2D eigenvalue weighted by Crippen LogP contribution is -2.18. The molecule has 5 heteroatoms. The SMILES string of the molecule is Cc1ccc(S(=O)(=O)N/N=C\[C@H](C)c2ccccc2)cc1. The van der Waals surface area contributed by atoms with Crippen LogP contribution in [0.25, 0.3) is 0 Å². The van der Waals surface area contributed by atoms with Crippen LogP contribution in [0, 0.1) is 6.92 Å². The molecule has 0 saturated heterocycles. The normalized spacial score (nSPS) is 13.2. The molecule has 0 unspecified atom stereocenters. The lowest BCUT2D eigenvalue weighted by Gasteiger charge is -2.06. The summed E-state index contributed by atoms with van der Waals surface area (Å²) in [7, 11) is -3.60. The molecule has 2 aromatic carbocycles. The fourth-order valence-electron chi connectivity index (χ4n) is 1.82. The highest BCUT2D eigenvalue weighted by molar-refractivity contribution is 7.89. The van der Waals surface area contributed by atoms with Crippen LogP contribution in [-0.2, 0) is 10.0 Å². The summed E-state index contributed by atoms with van der Waals surface area (Å²) in [5, 5.41) is 3.86. The zero-order valence-electron chi connectivity index (χ0n) is 12.0. The highest BCUT2D eigenvalue weighted by atomic mass is 32.2. The fourth-order valence-corrected chi connectivity index (χ4v) is 2.62. The third kappa shape index (κ3) is 4.16. The molecule has 0 aliphatic rings. The van der Waals surface area contributed by atoms with Gasteiger partial charge in [-0.25, -0.2) is 4.83 Å². The molecule has 0 aromatic heterocycles. The predicted octanol–water partition coefficient (Wildman–Crippen LogP) is 3.06. The van der Waals surface area contributed by atoms with Gasteiger partial charge in [0.05, 0.1) is 4.90 Å². The second kappa shape index (κ2) is 6.54. The zero-order chi connectivity index (χ0) is 15.3. The number of hydrazone groups is 1.